The fourth-order valence-corrected chi connectivity index (χ4v) is 3.46. The summed E-state index contributed by atoms with van der Waals surface area (Å²) in [5, 5.41) is 0.558. The first-order valence-electron chi connectivity index (χ1n) is 8.29. The predicted molar refractivity (Wildman–Crippen MR) is 91.9 cm³/mol. The van der Waals surface area contributed by atoms with Gasteiger partial charge in [0.25, 0.3) is 0 Å². The first-order valence-corrected chi connectivity index (χ1v) is 8.67. The Morgan fingerprint density at radius 3 is 2.72 bits per heavy atom. The number of ether oxygens (including phenoxy) is 4. The molecule has 1 aromatic heterocycles. The number of hydrogen-bond donors (Lipinski definition) is 0. The van der Waals surface area contributed by atoms with Gasteiger partial charge in [-0.1, -0.05) is 41.9 Å². The Kier molecular flexibility index (Phi) is 4.52. The number of halogens is 1. The normalized spacial score (nSPS) is 30.4. The summed E-state index contributed by atoms with van der Waals surface area (Å²) in [7, 11) is 0. The fraction of sp³-hybridized carbons (Fsp3) is 0.421. The maximum atomic E-state index is 6.20. The van der Waals surface area contributed by atoms with Gasteiger partial charge < -0.3 is 18.9 Å². The van der Waals surface area contributed by atoms with Gasteiger partial charge in [-0.15, -0.1) is 0 Å². The molecule has 6 heteroatoms. The first kappa shape index (κ1) is 16.9. The third-order valence-electron chi connectivity index (χ3n) is 4.33. The third-order valence-corrected chi connectivity index (χ3v) is 4.54. The van der Waals surface area contributed by atoms with E-state index in [1.165, 1.54) is 0 Å². The summed E-state index contributed by atoms with van der Waals surface area (Å²) >= 11 is 6.09. The minimum absolute atomic E-state index is 0.303. The average Bonchev–Trinajstić information content (AvgIpc) is 3.06. The zero-order valence-electron chi connectivity index (χ0n) is 14.1. The summed E-state index contributed by atoms with van der Waals surface area (Å²) in [5.41, 5.74) is 1.94. The van der Waals surface area contributed by atoms with Crippen LogP contribution in [0.3, 0.4) is 0 Å². The molecule has 0 aliphatic carbocycles. The molecule has 25 heavy (non-hydrogen) atoms. The molecule has 2 aliphatic rings. The molecule has 2 aromatic rings. The molecule has 0 saturated carbocycles. The molecule has 4 atom stereocenters. The number of rotatable bonds is 4. The van der Waals surface area contributed by atoms with Gasteiger partial charge in [0, 0.05) is 18.0 Å². The van der Waals surface area contributed by atoms with Crippen LogP contribution in [0.25, 0.3) is 0 Å². The SMILES string of the molecule is CC1(C)OC2O[C@@H](c3cncc(Cl)c3)C(OCc3ccccc3)C2O1. The van der Waals surface area contributed by atoms with E-state index in [1.54, 1.807) is 12.4 Å². The van der Waals surface area contributed by atoms with Crippen molar-refractivity contribution in [3.05, 3.63) is 64.9 Å². The largest absolute Gasteiger partial charge is 0.368 e. The van der Waals surface area contributed by atoms with Crippen LogP contribution in [-0.2, 0) is 25.6 Å². The van der Waals surface area contributed by atoms with E-state index in [4.69, 9.17) is 30.5 Å². The molecule has 1 aromatic carbocycles. The molecule has 5 nitrogen and oxygen atoms in total. The van der Waals surface area contributed by atoms with Gasteiger partial charge in [0.15, 0.2) is 12.1 Å². The van der Waals surface area contributed by atoms with Crippen LogP contribution < -0.4 is 0 Å². The monoisotopic (exact) mass is 361 g/mol. The van der Waals surface area contributed by atoms with E-state index >= 15 is 0 Å². The Morgan fingerprint density at radius 1 is 1.16 bits per heavy atom. The Morgan fingerprint density at radius 2 is 1.96 bits per heavy atom. The topological polar surface area (TPSA) is 49.8 Å². The van der Waals surface area contributed by atoms with Crippen molar-refractivity contribution in [2.75, 3.05) is 0 Å². The Bertz CT molecular complexity index is 739. The van der Waals surface area contributed by atoms with E-state index in [9.17, 15) is 0 Å². The highest BCUT2D eigenvalue weighted by atomic mass is 35.5. The molecular weight excluding hydrogens is 342 g/mol. The molecule has 2 fully saturated rings. The van der Waals surface area contributed by atoms with E-state index in [2.05, 4.69) is 4.98 Å². The van der Waals surface area contributed by atoms with Gasteiger partial charge in [0.05, 0.1) is 11.6 Å². The maximum absolute atomic E-state index is 6.20. The summed E-state index contributed by atoms with van der Waals surface area (Å²) < 4.78 is 24.2. The molecule has 0 N–H and O–H groups in total. The standard InChI is InChI=1S/C19H20ClNO4/c1-19(2)24-17-16(22-11-12-6-4-3-5-7-12)15(23-18(17)25-19)13-8-14(20)10-21-9-13/h3-10,15-18H,11H2,1-2H3/t15-,16?,17?,18?/m0/s1. The van der Waals surface area contributed by atoms with Crippen molar-refractivity contribution < 1.29 is 18.9 Å². The molecule has 4 rings (SSSR count). The van der Waals surface area contributed by atoms with Crippen LogP contribution in [0.4, 0.5) is 0 Å². The highest BCUT2D eigenvalue weighted by molar-refractivity contribution is 6.30. The zero-order chi connectivity index (χ0) is 17.4. The van der Waals surface area contributed by atoms with E-state index in [0.717, 1.165) is 11.1 Å². The molecule has 0 amide bonds. The Balaban J connectivity index is 1.57. The second-order valence-corrected chi connectivity index (χ2v) is 7.16. The minimum atomic E-state index is -0.693. The summed E-state index contributed by atoms with van der Waals surface area (Å²) in [4.78, 5) is 4.15. The number of nitrogens with zero attached hydrogens (tertiary/aromatic N) is 1. The van der Waals surface area contributed by atoms with Crippen molar-refractivity contribution in [2.24, 2.45) is 0 Å². The lowest BCUT2D eigenvalue weighted by molar-refractivity contribution is -0.220. The lowest BCUT2D eigenvalue weighted by atomic mass is 10.0. The quantitative estimate of drug-likeness (QED) is 0.827. The average molecular weight is 362 g/mol. The van der Waals surface area contributed by atoms with Crippen molar-refractivity contribution in [1.82, 2.24) is 4.98 Å². The number of benzene rings is 1. The highest BCUT2D eigenvalue weighted by Gasteiger charge is 2.55. The second kappa shape index (κ2) is 6.67. The molecule has 3 unspecified atom stereocenters. The van der Waals surface area contributed by atoms with Crippen molar-refractivity contribution >= 4 is 11.6 Å². The molecule has 0 spiro atoms. The fourth-order valence-electron chi connectivity index (χ4n) is 3.28. The molecule has 2 saturated heterocycles. The molecule has 2 aliphatic heterocycles. The number of hydrogen-bond acceptors (Lipinski definition) is 5. The summed E-state index contributed by atoms with van der Waals surface area (Å²) in [6, 6.07) is 11.9. The smallest absolute Gasteiger partial charge is 0.190 e. The third kappa shape index (κ3) is 3.57. The number of pyridine rings is 1. The molecule has 3 heterocycles. The van der Waals surface area contributed by atoms with E-state index in [0.29, 0.717) is 11.6 Å². The summed E-state index contributed by atoms with van der Waals surface area (Å²) in [6.07, 6.45) is 1.90. The van der Waals surface area contributed by atoms with E-state index in [1.807, 2.05) is 50.2 Å². The van der Waals surface area contributed by atoms with Gasteiger partial charge in [0.1, 0.15) is 18.3 Å². The van der Waals surface area contributed by atoms with Gasteiger partial charge >= 0.3 is 0 Å². The number of aromatic nitrogens is 1. The molecule has 0 radical (unpaired) electrons. The molecular formula is C19H20ClNO4. The van der Waals surface area contributed by atoms with Crippen molar-refractivity contribution in [3.63, 3.8) is 0 Å². The predicted octanol–water partition coefficient (Wildman–Crippen LogP) is 3.87. The van der Waals surface area contributed by atoms with Crippen LogP contribution >= 0.6 is 11.6 Å². The van der Waals surface area contributed by atoms with Gasteiger partial charge in [-0.2, -0.15) is 0 Å². The van der Waals surface area contributed by atoms with Crippen LogP contribution in [0.1, 0.15) is 31.1 Å². The summed E-state index contributed by atoms with van der Waals surface area (Å²) in [5.74, 6) is -0.693. The lowest BCUT2D eigenvalue weighted by Gasteiger charge is -2.26. The van der Waals surface area contributed by atoms with Crippen LogP contribution in [0.5, 0.6) is 0 Å². The molecule has 0 bridgehead atoms. The van der Waals surface area contributed by atoms with Gasteiger partial charge in [-0.05, 0) is 25.5 Å². The van der Waals surface area contributed by atoms with E-state index < -0.39 is 12.1 Å². The zero-order valence-corrected chi connectivity index (χ0v) is 14.8. The maximum Gasteiger partial charge on any atom is 0.190 e. The van der Waals surface area contributed by atoms with Crippen molar-refractivity contribution in [3.8, 4) is 0 Å². The van der Waals surface area contributed by atoms with Gasteiger partial charge in [-0.3, -0.25) is 4.98 Å². The van der Waals surface area contributed by atoms with Crippen molar-refractivity contribution in [2.45, 2.75) is 50.8 Å². The van der Waals surface area contributed by atoms with Crippen molar-refractivity contribution in [1.29, 1.82) is 0 Å². The van der Waals surface area contributed by atoms with Crippen LogP contribution in [0.2, 0.25) is 5.02 Å². The van der Waals surface area contributed by atoms with Gasteiger partial charge in [0.2, 0.25) is 0 Å². The number of fused-ring (bicyclic) bond motifs is 1. The Labute approximate surface area is 151 Å². The minimum Gasteiger partial charge on any atom is -0.368 e. The molecule has 132 valence electrons. The first-order chi connectivity index (χ1) is 12.0. The van der Waals surface area contributed by atoms with Crippen LogP contribution in [0.15, 0.2) is 48.8 Å². The second-order valence-electron chi connectivity index (χ2n) is 6.72. The van der Waals surface area contributed by atoms with E-state index in [-0.39, 0.29) is 18.3 Å². The van der Waals surface area contributed by atoms with Crippen LogP contribution in [-0.4, -0.2) is 29.3 Å². The van der Waals surface area contributed by atoms with Gasteiger partial charge in [-0.25, -0.2) is 0 Å². The Hall–Kier alpha value is -1.50. The van der Waals surface area contributed by atoms with Crippen LogP contribution in [0, 0.1) is 0 Å². The summed E-state index contributed by atoms with van der Waals surface area (Å²) in [6.45, 7) is 4.21. The highest BCUT2D eigenvalue weighted by Crippen LogP contribution is 2.45. The lowest BCUT2D eigenvalue weighted by Crippen LogP contribution is -2.33.